The van der Waals surface area contributed by atoms with Crippen LogP contribution in [0.25, 0.3) is 0 Å². The van der Waals surface area contributed by atoms with Crippen molar-refractivity contribution in [2.75, 3.05) is 18.0 Å². The van der Waals surface area contributed by atoms with Gasteiger partial charge in [-0.05, 0) is 24.8 Å². The first kappa shape index (κ1) is 14.5. The number of carbonyl (C=O) groups excluding carboxylic acids is 1. The molecule has 0 radical (unpaired) electrons. The number of amides is 1. The van der Waals surface area contributed by atoms with Gasteiger partial charge in [-0.2, -0.15) is 0 Å². The maximum absolute atomic E-state index is 12.2. The first-order valence-corrected chi connectivity index (χ1v) is 7.72. The zero-order valence-corrected chi connectivity index (χ0v) is 12.5. The highest BCUT2D eigenvalue weighted by molar-refractivity contribution is 5.92. The van der Waals surface area contributed by atoms with Crippen molar-refractivity contribution >= 4 is 11.7 Å². The SMILES string of the molecule is O=C(NCc1ccccc1)c1cc(N2CCCCC2)ncn1. The van der Waals surface area contributed by atoms with E-state index in [1.807, 2.05) is 30.3 Å². The van der Waals surface area contributed by atoms with Gasteiger partial charge in [0.05, 0.1) is 0 Å². The summed E-state index contributed by atoms with van der Waals surface area (Å²) in [6, 6.07) is 11.6. The summed E-state index contributed by atoms with van der Waals surface area (Å²) < 4.78 is 0. The maximum atomic E-state index is 12.2. The van der Waals surface area contributed by atoms with Gasteiger partial charge in [-0.3, -0.25) is 4.79 Å². The van der Waals surface area contributed by atoms with Crippen LogP contribution in [0, 0.1) is 0 Å². The molecule has 5 heteroatoms. The van der Waals surface area contributed by atoms with Crippen LogP contribution in [-0.4, -0.2) is 29.0 Å². The monoisotopic (exact) mass is 296 g/mol. The Hall–Kier alpha value is -2.43. The highest BCUT2D eigenvalue weighted by Crippen LogP contribution is 2.17. The van der Waals surface area contributed by atoms with Gasteiger partial charge in [0.15, 0.2) is 0 Å². The number of aromatic nitrogens is 2. The van der Waals surface area contributed by atoms with Gasteiger partial charge in [0.25, 0.3) is 5.91 Å². The molecule has 0 spiro atoms. The quantitative estimate of drug-likeness (QED) is 0.941. The molecule has 1 aromatic carbocycles. The van der Waals surface area contributed by atoms with Crippen molar-refractivity contribution in [3.63, 3.8) is 0 Å². The first-order chi connectivity index (χ1) is 10.8. The normalized spacial score (nSPS) is 14.6. The Labute approximate surface area is 130 Å². The van der Waals surface area contributed by atoms with Gasteiger partial charge in [0.2, 0.25) is 0 Å². The lowest BCUT2D eigenvalue weighted by Crippen LogP contribution is -2.31. The molecular formula is C17H20N4O. The van der Waals surface area contributed by atoms with Crippen LogP contribution < -0.4 is 10.2 Å². The molecule has 2 heterocycles. The molecule has 2 aromatic rings. The van der Waals surface area contributed by atoms with E-state index in [1.54, 1.807) is 6.07 Å². The maximum Gasteiger partial charge on any atom is 0.270 e. The molecule has 3 rings (SSSR count). The first-order valence-electron chi connectivity index (χ1n) is 7.72. The zero-order valence-electron chi connectivity index (χ0n) is 12.5. The lowest BCUT2D eigenvalue weighted by molar-refractivity contribution is 0.0945. The van der Waals surface area contributed by atoms with Crippen molar-refractivity contribution in [1.29, 1.82) is 0 Å². The molecular weight excluding hydrogens is 276 g/mol. The summed E-state index contributed by atoms with van der Waals surface area (Å²) in [6.07, 6.45) is 5.10. The molecule has 0 atom stereocenters. The Balaban J connectivity index is 1.64. The minimum Gasteiger partial charge on any atom is -0.357 e. The van der Waals surface area contributed by atoms with Gasteiger partial charge in [-0.15, -0.1) is 0 Å². The number of piperidine rings is 1. The predicted molar refractivity (Wildman–Crippen MR) is 85.7 cm³/mol. The van der Waals surface area contributed by atoms with E-state index in [4.69, 9.17) is 0 Å². The summed E-state index contributed by atoms with van der Waals surface area (Å²) in [4.78, 5) is 22.8. The predicted octanol–water partition coefficient (Wildman–Crippen LogP) is 2.40. The van der Waals surface area contributed by atoms with Crippen LogP contribution in [0.15, 0.2) is 42.7 Å². The lowest BCUT2D eigenvalue weighted by Gasteiger charge is -2.27. The number of nitrogens with zero attached hydrogens (tertiary/aromatic N) is 3. The molecule has 1 fully saturated rings. The minimum absolute atomic E-state index is 0.162. The van der Waals surface area contributed by atoms with Gasteiger partial charge >= 0.3 is 0 Å². The van der Waals surface area contributed by atoms with Gasteiger partial charge in [-0.25, -0.2) is 9.97 Å². The molecule has 5 nitrogen and oxygen atoms in total. The molecule has 1 saturated heterocycles. The van der Waals surface area contributed by atoms with Gasteiger partial charge < -0.3 is 10.2 Å². The second kappa shape index (κ2) is 7.02. The van der Waals surface area contributed by atoms with E-state index in [-0.39, 0.29) is 5.91 Å². The summed E-state index contributed by atoms with van der Waals surface area (Å²) in [5.41, 5.74) is 1.49. The van der Waals surface area contributed by atoms with Crippen LogP contribution in [0.2, 0.25) is 0 Å². The van der Waals surface area contributed by atoms with E-state index in [1.165, 1.54) is 25.6 Å². The zero-order chi connectivity index (χ0) is 15.2. The van der Waals surface area contributed by atoms with Crippen LogP contribution in [0.4, 0.5) is 5.82 Å². The summed E-state index contributed by atoms with van der Waals surface area (Å²) >= 11 is 0. The summed E-state index contributed by atoms with van der Waals surface area (Å²) in [5.74, 6) is 0.684. The average molecular weight is 296 g/mol. The van der Waals surface area contributed by atoms with Gasteiger partial charge in [-0.1, -0.05) is 30.3 Å². The number of hydrogen-bond acceptors (Lipinski definition) is 4. The smallest absolute Gasteiger partial charge is 0.270 e. The Kier molecular flexibility index (Phi) is 4.63. The van der Waals surface area contributed by atoms with Crippen LogP contribution in [0.1, 0.15) is 35.3 Å². The minimum atomic E-state index is -0.162. The standard InChI is InChI=1S/C17H20N4O/c22-17(18-12-14-7-3-1-4-8-14)15-11-16(20-13-19-15)21-9-5-2-6-10-21/h1,3-4,7-8,11,13H,2,5-6,9-10,12H2,(H,18,22). The fourth-order valence-corrected chi connectivity index (χ4v) is 2.64. The number of nitrogens with one attached hydrogen (secondary N) is 1. The third-order valence-electron chi connectivity index (χ3n) is 3.86. The van der Waals surface area contributed by atoms with E-state index >= 15 is 0 Å². The van der Waals surface area contributed by atoms with Gasteiger partial charge in [0, 0.05) is 25.7 Å². The third-order valence-corrected chi connectivity index (χ3v) is 3.86. The Morgan fingerprint density at radius 3 is 2.64 bits per heavy atom. The second-order valence-corrected chi connectivity index (χ2v) is 5.48. The van der Waals surface area contributed by atoms with Crippen LogP contribution in [-0.2, 0) is 6.54 Å². The van der Waals surface area contributed by atoms with Crippen molar-refractivity contribution in [3.8, 4) is 0 Å². The largest absolute Gasteiger partial charge is 0.357 e. The summed E-state index contributed by atoms with van der Waals surface area (Å²) in [6.45, 7) is 2.51. The molecule has 1 amide bonds. The number of anilines is 1. The molecule has 1 aromatic heterocycles. The van der Waals surface area contributed by atoms with E-state index in [2.05, 4.69) is 20.2 Å². The molecule has 22 heavy (non-hydrogen) atoms. The molecule has 1 aliphatic rings. The Morgan fingerprint density at radius 2 is 1.86 bits per heavy atom. The van der Waals surface area contributed by atoms with Crippen LogP contribution >= 0.6 is 0 Å². The molecule has 0 bridgehead atoms. The van der Waals surface area contributed by atoms with Gasteiger partial charge in [0.1, 0.15) is 17.8 Å². The third kappa shape index (κ3) is 3.61. The highest BCUT2D eigenvalue weighted by Gasteiger charge is 2.15. The summed E-state index contributed by atoms with van der Waals surface area (Å²) in [5, 5.41) is 2.90. The molecule has 1 N–H and O–H groups in total. The van der Waals surface area contributed by atoms with E-state index in [9.17, 15) is 4.79 Å². The fourth-order valence-electron chi connectivity index (χ4n) is 2.64. The fraction of sp³-hybridized carbons (Fsp3) is 0.353. The van der Waals surface area contributed by atoms with Crippen molar-refractivity contribution in [3.05, 3.63) is 54.0 Å². The molecule has 114 valence electrons. The van der Waals surface area contributed by atoms with Crippen molar-refractivity contribution < 1.29 is 4.79 Å². The number of carbonyl (C=O) groups is 1. The van der Waals surface area contributed by atoms with Crippen molar-refractivity contribution in [1.82, 2.24) is 15.3 Å². The summed E-state index contributed by atoms with van der Waals surface area (Å²) in [7, 11) is 0. The topological polar surface area (TPSA) is 58.1 Å². The average Bonchev–Trinajstić information content (AvgIpc) is 2.61. The van der Waals surface area contributed by atoms with Crippen molar-refractivity contribution in [2.24, 2.45) is 0 Å². The Bertz CT molecular complexity index is 624. The van der Waals surface area contributed by atoms with E-state index < -0.39 is 0 Å². The molecule has 0 aliphatic carbocycles. The van der Waals surface area contributed by atoms with E-state index in [0.29, 0.717) is 12.2 Å². The van der Waals surface area contributed by atoms with Crippen LogP contribution in [0.5, 0.6) is 0 Å². The number of rotatable bonds is 4. The van der Waals surface area contributed by atoms with Crippen LogP contribution in [0.3, 0.4) is 0 Å². The highest BCUT2D eigenvalue weighted by atomic mass is 16.1. The molecule has 1 aliphatic heterocycles. The Morgan fingerprint density at radius 1 is 1.09 bits per heavy atom. The lowest BCUT2D eigenvalue weighted by atomic mass is 10.1. The second-order valence-electron chi connectivity index (χ2n) is 5.48. The number of benzene rings is 1. The van der Waals surface area contributed by atoms with E-state index in [0.717, 1.165) is 24.5 Å². The van der Waals surface area contributed by atoms with Crippen molar-refractivity contribution in [2.45, 2.75) is 25.8 Å². The molecule has 0 saturated carbocycles. The number of hydrogen-bond donors (Lipinski definition) is 1. The molecule has 0 unspecified atom stereocenters.